The lowest BCUT2D eigenvalue weighted by atomic mass is 9.83. The van der Waals surface area contributed by atoms with Crippen LogP contribution in [0, 0.1) is 19.8 Å². The van der Waals surface area contributed by atoms with Gasteiger partial charge in [-0.2, -0.15) is 0 Å². The summed E-state index contributed by atoms with van der Waals surface area (Å²) in [6.45, 7) is 11.8. The number of benzene rings is 1. The molecule has 0 radical (unpaired) electrons. The molecule has 5 heteroatoms. The van der Waals surface area contributed by atoms with Crippen molar-refractivity contribution in [2.45, 2.75) is 52.6 Å². The van der Waals surface area contributed by atoms with Crippen LogP contribution >= 0.6 is 0 Å². The molecule has 2 atom stereocenters. The van der Waals surface area contributed by atoms with Gasteiger partial charge in [-0.15, -0.1) is 0 Å². The van der Waals surface area contributed by atoms with Crippen LogP contribution in [0.15, 0.2) is 12.1 Å². The summed E-state index contributed by atoms with van der Waals surface area (Å²) in [5, 5.41) is 0. The van der Waals surface area contributed by atoms with Crippen LogP contribution in [0.3, 0.4) is 0 Å². The monoisotopic (exact) mass is 348 g/mol. The summed E-state index contributed by atoms with van der Waals surface area (Å²) in [7, 11) is 1.70. The Hall–Kier alpha value is -1.75. The van der Waals surface area contributed by atoms with Gasteiger partial charge in [0.25, 0.3) is 0 Å². The zero-order valence-electron chi connectivity index (χ0n) is 16.4. The fourth-order valence-electron chi connectivity index (χ4n) is 3.46. The standard InChI is InChI=1S/C20H32N2O3/c1-13-9-16(18(24-6)10-14(13)2)17(11-21)15-7-8-22(12-15)19(23)25-20(3,4)5/h9-10,15,17H,7-8,11-12,21H2,1-6H3. The summed E-state index contributed by atoms with van der Waals surface area (Å²) in [5.41, 5.74) is 9.24. The molecular formula is C20H32N2O3. The number of rotatable bonds is 4. The number of carbonyl (C=O) groups is 1. The minimum absolute atomic E-state index is 0.168. The van der Waals surface area contributed by atoms with Gasteiger partial charge in [0, 0.05) is 19.0 Å². The molecule has 0 saturated carbocycles. The lowest BCUT2D eigenvalue weighted by Crippen LogP contribution is -2.36. The van der Waals surface area contributed by atoms with E-state index in [0.29, 0.717) is 25.6 Å². The molecule has 0 aromatic heterocycles. The maximum Gasteiger partial charge on any atom is 0.410 e. The molecule has 2 N–H and O–H groups in total. The first-order chi connectivity index (χ1) is 11.7. The van der Waals surface area contributed by atoms with Crippen molar-refractivity contribution in [1.82, 2.24) is 4.90 Å². The maximum atomic E-state index is 12.3. The lowest BCUT2D eigenvalue weighted by Gasteiger charge is -2.27. The van der Waals surface area contributed by atoms with E-state index in [0.717, 1.165) is 17.7 Å². The first-order valence-corrected chi connectivity index (χ1v) is 8.99. The summed E-state index contributed by atoms with van der Waals surface area (Å²) in [4.78, 5) is 14.1. The van der Waals surface area contributed by atoms with E-state index in [2.05, 4.69) is 26.0 Å². The van der Waals surface area contributed by atoms with Crippen molar-refractivity contribution in [3.63, 3.8) is 0 Å². The molecule has 1 aromatic carbocycles. The second-order valence-electron chi connectivity index (χ2n) is 8.00. The molecule has 140 valence electrons. The minimum Gasteiger partial charge on any atom is -0.496 e. The molecule has 25 heavy (non-hydrogen) atoms. The van der Waals surface area contributed by atoms with E-state index in [1.807, 2.05) is 20.8 Å². The van der Waals surface area contributed by atoms with Crippen molar-refractivity contribution in [2.75, 3.05) is 26.7 Å². The number of nitrogens with two attached hydrogens (primary N) is 1. The highest BCUT2D eigenvalue weighted by atomic mass is 16.6. The van der Waals surface area contributed by atoms with Gasteiger partial charge in [0.15, 0.2) is 0 Å². The van der Waals surface area contributed by atoms with Crippen LogP contribution in [0.1, 0.15) is 49.8 Å². The van der Waals surface area contributed by atoms with Gasteiger partial charge in [0.05, 0.1) is 7.11 Å². The predicted octanol–water partition coefficient (Wildman–Crippen LogP) is 3.61. The van der Waals surface area contributed by atoms with Crippen molar-refractivity contribution in [2.24, 2.45) is 11.7 Å². The highest BCUT2D eigenvalue weighted by Gasteiger charge is 2.35. The smallest absolute Gasteiger partial charge is 0.410 e. The Morgan fingerprint density at radius 1 is 1.32 bits per heavy atom. The third-order valence-electron chi connectivity index (χ3n) is 4.94. The van der Waals surface area contributed by atoms with Crippen LogP contribution in [-0.2, 0) is 4.74 Å². The van der Waals surface area contributed by atoms with Crippen molar-refractivity contribution in [3.05, 3.63) is 28.8 Å². The van der Waals surface area contributed by atoms with Crippen LogP contribution in [0.5, 0.6) is 5.75 Å². The number of hydrogen-bond acceptors (Lipinski definition) is 4. The fraction of sp³-hybridized carbons (Fsp3) is 0.650. The van der Waals surface area contributed by atoms with E-state index in [9.17, 15) is 4.79 Å². The molecular weight excluding hydrogens is 316 g/mol. The van der Waals surface area contributed by atoms with E-state index >= 15 is 0 Å². The third kappa shape index (κ3) is 4.66. The Kier molecular flexibility index (Phi) is 5.99. The molecule has 1 saturated heterocycles. The molecule has 1 aliphatic heterocycles. The van der Waals surface area contributed by atoms with Gasteiger partial charge in [-0.1, -0.05) is 6.07 Å². The molecule has 0 spiro atoms. The van der Waals surface area contributed by atoms with E-state index in [1.165, 1.54) is 11.1 Å². The molecule has 1 heterocycles. The summed E-state index contributed by atoms with van der Waals surface area (Å²) < 4.78 is 11.1. The Labute approximate surface area is 151 Å². The Balaban J connectivity index is 2.18. The molecule has 0 bridgehead atoms. The van der Waals surface area contributed by atoms with E-state index in [4.69, 9.17) is 15.2 Å². The van der Waals surface area contributed by atoms with Gasteiger partial charge in [-0.25, -0.2) is 4.79 Å². The average Bonchev–Trinajstić information content (AvgIpc) is 2.99. The van der Waals surface area contributed by atoms with Crippen molar-refractivity contribution in [3.8, 4) is 5.75 Å². The van der Waals surface area contributed by atoms with E-state index < -0.39 is 5.60 Å². The van der Waals surface area contributed by atoms with Gasteiger partial charge >= 0.3 is 6.09 Å². The van der Waals surface area contributed by atoms with Gasteiger partial charge < -0.3 is 20.1 Å². The normalized spacial score (nSPS) is 19.0. The molecule has 1 aliphatic rings. The highest BCUT2D eigenvalue weighted by molar-refractivity contribution is 5.68. The molecule has 1 fully saturated rings. The summed E-state index contributed by atoms with van der Waals surface area (Å²) >= 11 is 0. The second-order valence-corrected chi connectivity index (χ2v) is 8.00. The summed E-state index contributed by atoms with van der Waals surface area (Å²) in [5.74, 6) is 1.37. The first-order valence-electron chi connectivity index (χ1n) is 8.99. The zero-order valence-corrected chi connectivity index (χ0v) is 16.4. The van der Waals surface area contributed by atoms with Crippen LogP contribution < -0.4 is 10.5 Å². The van der Waals surface area contributed by atoms with Gasteiger partial charge in [0.2, 0.25) is 0 Å². The van der Waals surface area contributed by atoms with Crippen LogP contribution in [0.2, 0.25) is 0 Å². The SMILES string of the molecule is COc1cc(C)c(C)cc1C(CN)C1CCN(C(=O)OC(C)(C)C)C1. The van der Waals surface area contributed by atoms with Crippen LogP contribution in [0.25, 0.3) is 0 Å². The number of likely N-dealkylation sites (tertiary alicyclic amines) is 1. The first kappa shape index (κ1) is 19.6. The third-order valence-corrected chi connectivity index (χ3v) is 4.94. The topological polar surface area (TPSA) is 64.8 Å². The molecule has 2 rings (SSSR count). The lowest BCUT2D eigenvalue weighted by molar-refractivity contribution is 0.0286. The number of methoxy groups -OCH3 is 1. The Morgan fingerprint density at radius 3 is 2.52 bits per heavy atom. The van der Waals surface area contributed by atoms with E-state index in [-0.39, 0.29) is 12.0 Å². The number of aryl methyl sites for hydroxylation is 2. The van der Waals surface area contributed by atoms with Crippen molar-refractivity contribution in [1.29, 1.82) is 0 Å². The van der Waals surface area contributed by atoms with Gasteiger partial charge in [-0.05, 0) is 76.3 Å². The average molecular weight is 348 g/mol. The molecule has 5 nitrogen and oxygen atoms in total. The molecule has 2 unspecified atom stereocenters. The quantitative estimate of drug-likeness (QED) is 0.903. The second kappa shape index (κ2) is 7.65. The molecule has 1 aromatic rings. The number of amides is 1. The van der Waals surface area contributed by atoms with Crippen LogP contribution in [-0.4, -0.2) is 43.3 Å². The van der Waals surface area contributed by atoms with Crippen molar-refractivity contribution < 1.29 is 14.3 Å². The van der Waals surface area contributed by atoms with Gasteiger partial charge in [-0.3, -0.25) is 0 Å². The summed E-state index contributed by atoms with van der Waals surface area (Å²) in [6.07, 6.45) is 0.690. The highest BCUT2D eigenvalue weighted by Crippen LogP contribution is 2.37. The molecule has 1 amide bonds. The summed E-state index contributed by atoms with van der Waals surface area (Å²) in [6, 6.07) is 4.26. The molecule has 0 aliphatic carbocycles. The van der Waals surface area contributed by atoms with Crippen LogP contribution in [0.4, 0.5) is 4.79 Å². The fourth-order valence-corrected chi connectivity index (χ4v) is 3.46. The minimum atomic E-state index is -0.472. The Morgan fingerprint density at radius 2 is 1.96 bits per heavy atom. The number of carbonyl (C=O) groups excluding carboxylic acids is 1. The number of ether oxygens (including phenoxy) is 2. The maximum absolute atomic E-state index is 12.3. The number of hydrogen-bond donors (Lipinski definition) is 1. The van der Waals surface area contributed by atoms with Gasteiger partial charge in [0.1, 0.15) is 11.4 Å². The van der Waals surface area contributed by atoms with Crippen molar-refractivity contribution >= 4 is 6.09 Å². The predicted molar refractivity (Wildman–Crippen MR) is 100 cm³/mol. The van der Waals surface area contributed by atoms with E-state index in [1.54, 1.807) is 12.0 Å². The number of nitrogens with zero attached hydrogens (tertiary/aromatic N) is 1. The Bertz CT molecular complexity index is 622. The largest absolute Gasteiger partial charge is 0.496 e. The zero-order chi connectivity index (χ0) is 18.8.